The van der Waals surface area contributed by atoms with Gasteiger partial charge in [0.15, 0.2) is 0 Å². The Morgan fingerprint density at radius 1 is 1.56 bits per heavy atom. The summed E-state index contributed by atoms with van der Waals surface area (Å²) in [5.41, 5.74) is 5.85. The fourth-order valence-corrected chi connectivity index (χ4v) is 1.37. The molecule has 4 nitrogen and oxygen atoms in total. The van der Waals surface area contributed by atoms with Crippen LogP contribution in [0.4, 0.5) is 4.39 Å². The summed E-state index contributed by atoms with van der Waals surface area (Å²) in [6, 6.07) is 4.19. The summed E-state index contributed by atoms with van der Waals surface area (Å²) in [6.45, 7) is 0.213. The highest BCUT2D eigenvalue weighted by molar-refractivity contribution is 5.77. The van der Waals surface area contributed by atoms with E-state index >= 15 is 0 Å². The molecule has 0 aliphatic rings. The molecule has 0 radical (unpaired) electrons. The van der Waals surface area contributed by atoms with E-state index in [0.717, 1.165) is 0 Å². The van der Waals surface area contributed by atoms with Crippen molar-refractivity contribution < 1.29 is 13.9 Å². The van der Waals surface area contributed by atoms with Gasteiger partial charge in [0.25, 0.3) is 0 Å². The summed E-state index contributed by atoms with van der Waals surface area (Å²) < 4.78 is 18.1. The molecule has 0 aliphatic heterocycles. The van der Waals surface area contributed by atoms with Crippen LogP contribution in [0.1, 0.15) is 5.56 Å². The van der Waals surface area contributed by atoms with Crippen LogP contribution in [0.5, 0.6) is 5.75 Å². The Labute approximate surface area is 93.8 Å². The largest absolute Gasteiger partial charge is 0.496 e. The van der Waals surface area contributed by atoms with Crippen LogP contribution >= 0.6 is 0 Å². The first-order valence-electron chi connectivity index (χ1n) is 4.85. The number of rotatable bonds is 4. The first kappa shape index (κ1) is 12.4. The molecule has 1 aromatic rings. The minimum absolute atomic E-state index is 0.0614. The lowest BCUT2D eigenvalue weighted by Gasteiger charge is -2.18. The number of methoxy groups -OCH3 is 1. The summed E-state index contributed by atoms with van der Waals surface area (Å²) in [7, 11) is 3.11. The van der Waals surface area contributed by atoms with Crippen molar-refractivity contribution in [2.45, 2.75) is 6.54 Å². The van der Waals surface area contributed by atoms with Crippen molar-refractivity contribution in [3.63, 3.8) is 0 Å². The predicted octanol–water partition coefficient (Wildman–Crippen LogP) is 0.751. The molecular formula is C11H15FN2O2. The quantitative estimate of drug-likeness (QED) is 0.824. The summed E-state index contributed by atoms with van der Waals surface area (Å²) in [4.78, 5) is 12.7. The Hall–Kier alpha value is -1.62. The third-order valence-electron chi connectivity index (χ3n) is 2.25. The van der Waals surface area contributed by atoms with Crippen LogP contribution in [0.3, 0.4) is 0 Å². The van der Waals surface area contributed by atoms with Gasteiger partial charge in [0.2, 0.25) is 5.91 Å². The minimum Gasteiger partial charge on any atom is -0.496 e. The first-order chi connectivity index (χ1) is 7.58. The topological polar surface area (TPSA) is 55.6 Å². The van der Waals surface area contributed by atoms with Gasteiger partial charge in [0.1, 0.15) is 11.6 Å². The third kappa shape index (κ3) is 2.93. The Kier molecular flexibility index (Phi) is 4.25. The maximum atomic E-state index is 13.0. The van der Waals surface area contributed by atoms with Gasteiger partial charge in [-0.15, -0.1) is 0 Å². The average Bonchev–Trinajstić information content (AvgIpc) is 2.28. The highest BCUT2D eigenvalue weighted by Crippen LogP contribution is 2.20. The SMILES string of the molecule is COc1ccc(F)cc1CN(C)C(=O)CN. The van der Waals surface area contributed by atoms with Crippen molar-refractivity contribution in [1.82, 2.24) is 4.90 Å². The molecule has 0 spiro atoms. The maximum Gasteiger partial charge on any atom is 0.236 e. The zero-order chi connectivity index (χ0) is 12.1. The van der Waals surface area contributed by atoms with Crippen molar-refractivity contribution in [3.8, 4) is 5.75 Å². The molecule has 2 N–H and O–H groups in total. The van der Waals surface area contributed by atoms with Gasteiger partial charge in [-0.25, -0.2) is 4.39 Å². The Balaban J connectivity index is 2.86. The van der Waals surface area contributed by atoms with Crippen molar-refractivity contribution in [3.05, 3.63) is 29.6 Å². The van der Waals surface area contributed by atoms with E-state index in [-0.39, 0.29) is 24.8 Å². The second kappa shape index (κ2) is 5.46. The third-order valence-corrected chi connectivity index (χ3v) is 2.25. The minimum atomic E-state index is -0.357. The van der Waals surface area contributed by atoms with Crippen LogP contribution in [0.2, 0.25) is 0 Å². The maximum absolute atomic E-state index is 13.0. The number of halogens is 1. The molecule has 1 rings (SSSR count). The number of likely N-dealkylation sites (N-methyl/N-ethyl adjacent to an activating group) is 1. The van der Waals surface area contributed by atoms with Crippen LogP contribution in [0.15, 0.2) is 18.2 Å². The fourth-order valence-electron chi connectivity index (χ4n) is 1.37. The number of nitrogens with zero attached hydrogens (tertiary/aromatic N) is 1. The number of ether oxygens (including phenoxy) is 1. The number of benzene rings is 1. The lowest BCUT2D eigenvalue weighted by atomic mass is 10.2. The fraction of sp³-hybridized carbons (Fsp3) is 0.364. The first-order valence-corrected chi connectivity index (χ1v) is 4.85. The van der Waals surface area contributed by atoms with Crippen LogP contribution in [-0.2, 0) is 11.3 Å². The van der Waals surface area contributed by atoms with Gasteiger partial charge in [-0.2, -0.15) is 0 Å². The van der Waals surface area contributed by atoms with E-state index in [1.54, 1.807) is 7.05 Å². The highest BCUT2D eigenvalue weighted by atomic mass is 19.1. The molecule has 0 unspecified atom stereocenters. The second-order valence-electron chi connectivity index (χ2n) is 3.41. The average molecular weight is 226 g/mol. The molecule has 16 heavy (non-hydrogen) atoms. The number of nitrogens with two attached hydrogens (primary N) is 1. The molecule has 5 heteroatoms. The van der Waals surface area contributed by atoms with E-state index in [1.807, 2.05) is 0 Å². The molecule has 0 aromatic heterocycles. The van der Waals surface area contributed by atoms with E-state index in [0.29, 0.717) is 11.3 Å². The zero-order valence-electron chi connectivity index (χ0n) is 9.37. The summed E-state index contributed by atoms with van der Waals surface area (Å²) >= 11 is 0. The predicted molar refractivity (Wildman–Crippen MR) is 58.5 cm³/mol. The van der Waals surface area contributed by atoms with Crippen molar-refractivity contribution >= 4 is 5.91 Å². The van der Waals surface area contributed by atoms with Gasteiger partial charge >= 0.3 is 0 Å². The van der Waals surface area contributed by atoms with Crippen LogP contribution in [0, 0.1) is 5.82 Å². The number of hydrogen-bond donors (Lipinski definition) is 1. The van der Waals surface area contributed by atoms with Gasteiger partial charge in [0.05, 0.1) is 13.7 Å². The van der Waals surface area contributed by atoms with Gasteiger partial charge in [0, 0.05) is 19.2 Å². The summed E-state index contributed by atoms with van der Waals surface area (Å²) in [5.74, 6) is -0.00576. The monoisotopic (exact) mass is 226 g/mol. The summed E-state index contributed by atoms with van der Waals surface area (Å²) in [5, 5.41) is 0. The van der Waals surface area contributed by atoms with Crippen molar-refractivity contribution in [2.24, 2.45) is 5.73 Å². The molecule has 0 fully saturated rings. The Bertz CT molecular complexity index is 382. The van der Waals surface area contributed by atoms with Crippen LogP contribution in [0.25, 0.3) is 0 Å². The van der Waals surface area contributed by atoms with Gasteiger partial charge < -0.3 is 15.4 Å². The van der Waals surface area contributed by atoms with E-state index in [1.165, 1.54) is 30.2 Å². The lowest BCUT2D eigenvalue weighted by molar-refractivity contribution is -0.128. The van der Waals surface area contributed by atoms with Crippen molar-refractivity contribution in [1.29, 1.82) is 0 Å². The zero-order valence-corrected chi connectivity index (χ0v) is 9.37. The molecule has 0 bridgehead atoms. The van der Waals surface area contributed by atoms with E-state index in [2.05, 4.69) is 0 Å². The highest BCUT2D eigenvalue weighted by Gasteiger charge is 2.11. The molecule has 1 aromatic carbocycles. The van der Waals surface area contributed by atoms with Crippen molar-refractivity contribution in [2.75, 3.05) is 20.7 Å². The normalized spacial score (nSPS) is 10.0. The Morgan fingerprint density at radius 2 is 2.25 bits per heavy atom. The van der Waals surface area contributed by atoms with Crippen LogP contribution in [-0.4, -0.2) is 31.5 Å². The van der Waals surface area contributed by atoms with E-state index in [9.17, 15) is 9.18 Å². The van der Waals surface area contributed by atoms with Gasteiger partial charge in [-0.1, -0.05) is 0 Å². The molecule has 0 saturated carbocycles. The van der Waals surface area contributed by atoms with Gasteiger partial charge in [-0.3, -0.25) is 4.79 Å². The standard InChI is InChI=1S/C11H15FN2O2/c1-14(11(15)6-13)7-8-5-9(12)3-4-10(8)16-2/h3-5H,6-7,13H2,1-2H3. The molecule has 88 valence electrons. The molecule has 0 saturated heterocycles. The molecule has 0 aliphatic carbocycles. The number of hydrogen-bond acceptors (Lipinski definition) is 3. The number of amides is 1. The number of carbonyl (C=O) groups excluding carboxylic acids is 1. The molecular weight excluding hydrogens is 211 g/mol. The lowest BCUT2D eigenvalue weighted by Crippen LogP contribution is -2.32. The van der Waals surface area contributed by atoms with E-state index < -0.39 is 0 Å². The van der Waals surface area contributed by atoms with Gasteiger partial charge in [-0.05, 0) is 18.2 Å². The second-order valence-corrected chi connectivity index (χ2v) is 3.41. The molecule has 0 atom stereocenters. The van der Waals surface area contributed by atoms with Crippen LogP contribution < -0.4 is 10.5 Å². The smallest absolute Gasteiger partial charge is 0.236 e. The van der Waals surface area contributed by atoms with E-state index in [4.69, 9.17) is 10.5 Å². The number of carbonyl (C=O) groups is 1. The molecule has 1 amide bonds. The summed E-state index contributed by atoms with van der Waals surface area (Å²) in [6.07, 6.45) is 0. The Morgan fingerprint density at radius 3 is 2.81 bits per heavy atom. The molecule has 0 heterocycles.